The van der Waals surface area contributed by atoms with E-state index in [-0.39, 0.29) is 5.75 Å². The Morgan fingerprint density at radius 1 is 1.10 bits per heavy atom. The minimum absolute atomic E-state index is 0.180. The van der Waals surface area contributed by atoms with Crippen LogP contribution in [0, 0.1) is 0 Å². The molecule has 0 fully saturated rings. The minimum atomic E-state index is 0.180. The molecule has 2 aromatic carbocycles. The topological polar surface area (TPSA) is 68.6 Å². The van der Waals surface area contributed by atoms with Gasteiger partial charge in [-0.2, -0.15) is 0 Å². The first-order valence-electron chi connectivity index (χ1n) is 6.38. The van der Waals surface area contributed by atoms with Gasteiger partial charge in [-0.25, -0.2) is 0 Å². The third-order valence-electron chi connectivity index (χ3n) is 3.07. The molecule has 0 saturated heterocycles. The monoisotopic (exact) mass is 269 g/mol. The van der Waals surface area contributed by atoms with Gasteiger partial charge in [-0.1, -0.05) is 12.1 Å². The lowest BCUT2D eigenvalue weighted by Crippen LogP contribution is -1.94. The Bertz CT molecular complexity index is 733. The summed E-state index contributed by atoms with van der Waals surface area (Å²) in [6, 6.07) is 14.5. The van der Waals surface area contributed by atoms with Gasteiger partial charge in [0, 0.05) is 18.0 Å². The minimum Gasteiger partial charge on any atom is -0.508 e. The van der Waals surface area contributed by atoms with Crippen LogP contribution in [0.2, 0.25) is 0 Å². The molecule has 4 nitrogen and oxygen atoms in total. The van der Waals surface area contributed by atoms with E-state index in [4.69, 9.17) is 14.9 Å². The Kier molecular flexibility index (Phi) is 3.31. The summed E-state index contributed by atoms with van der Waals surface area (Å²) in [6.45, 7) is 0.826. The molecule has 0 unspecified atom stereocenters. The van der Waals surface area contributed by atoms with Crippen molar-refractivity contribution >= 4 is 11.0 Å². The van der Waals surface area contributed by atoms with Crippen molar-refractivity contribution < 1.29 is 14.3 Å². The highest BCUT2D eigenvalue weighted by Crippen LogP contribution is 2.23. The largest absolute Gasteiger partial charge is 0.508 e. The molecule has 0 atom stereocenters. The van der Waals surface area contributed by atoms with Crippen LogP contribution in [-0.2, 0) is 13.2 Å². The number of phenolic OH excluding ortho intramolecular Hbond substituents is 1. The van der Waals surface area contributed by atoms with Crippen molar-refractivity contribution in [2.24, 2.45) is 5.73 Å². The van der Waals surface area contributed by atoms with Crippen LogP contribution < -0.4 is 10.5 Å². The van der Waals surface area contributed by atoms with Gasteiger partial charge in [0.25, 0.3) is 0 Å². The number of ether oxygens (including phenoxy) is 1. The molecule has 1 heterocycles. The molecule has 0 radical (unpaired) electrons. The molecular weight excluding hydrogens is 254 g/mol. The van der Waals surface area contributed by atoms with E-state index >= 15 is 0 Å². The summed E-state index contributed by atoms with van der Waals surface area (Å²) in [5.74, 6) is 1.52. The number of rotatable bonds is 4. The average molecular weight is 269 g/mol. The quantitative estimate of drug-likeness (QED) is 0.763. The lowest BCUT2D eigenvalue weighted by Gasteiger charge is -2.03. The molecular formula is C16H15NO3. The Morgan fingerprint density at radius 3 is 2.80 bits per heavy atom. The fourth-order valence-electron chi connectivity index (χ4n) is 2.07. The maximum Gasteiger partial charge on any atom is 0.146 e. The van der Waals surface area contributed by atoms with Crippen molar-refractivity contribution in [1.29, 1.82) is 0 Å². The van der Waals surface area contributed by atoms with Gasteiger partial charge in [-0.15, -0.1) is 0 Å². The van der Waals surface area contributed by atoms with E-state index in [9.17, 15) is 5.11 Å². The van der Waals surface area contributed by atoms with Crippen LogP contribution in [0.3, 0.4) is 0 Å². The standard InChI is InChI=1S/C16H15NO3/c17-9-11-4-5-16-12(6-11)7-15(20-16)10-19-14-3-1-2-13(18)8-14/h1-8,18H,9-10,17H2. The number of hydrogen-bond donors (Lipinski definition) is 2. The van der Waals surface area contributed by atoms with E-state index in [1.165, 1.54) is 0 Å². The van der Waals surface area contributed by atoms with Crippen LogP contribution >= 0.6 is 0 Å². The second-order valence-corrected chi connectivity index (χ2v) is 4.58. The Hall–Kier alpha value is -2.46. The van der Waals surface area contributed by atoms with Gasteiger partial charge in [-0.3, -0.25) is 0 Å². The lowest BCUT2D eigenvalue weighted by atomic mass is 10.1. The summed E-state index contributed by atoms with van der Waals surface area (Å²) in [5.41, 5.74) is 7.50. The van der Waals surface area contributed by atoms with Crippen molar-refractivity contribution in [1.82, 2.24) is 0 Å². The van der Waals surface area contributed by atoms with Crippen molar-refractivity contribution in [2.45, 2.75) is 13.2 Å². The molecule has 3 N–H and O–H groups in total. The molecule has 0 spiro atoms. The summed E-state index contributed by atoms with van der Waals surface area (Å²) in [4.78, 5) is 0. The Balaban J connectivity index is 1.77. The van der Waals surface area contributed by atoms with E-state index in [1.54, 1.807) is 24.3 Å². The number of furan rings is 1. The average Bonchev–Trinajstić information content (AvgIpc) is 2.87. The van der Waals surface area contributed by atoms with Crippen molar-refractivity contribution in [3.8, 4) is 11.5 Å². The van der Waals surface area contributed by atoms with Crippen molar-refractivity contribution in [2.75, 3.05) is 0 Å². The number of hydrogen-bond acceptors (Lipinski definition) is 4. The van der Waals surface area contributed by atoms with E-state index in [1.807, 2.05) is 24.3 Å². The number of benzene rings is 2. The molecule has 0 aliphatic carbocycles. The predicted molar refractivity (Wildman–Crippen MR) is 76.5 cm³/mol. The van der Waals surface area contributed by atoms with Crippen LogP contribution in [0.1, 0.15) is 11.3 Å². The van der Waals surface area contributed by atoms with Gasteiger partial charge in [-0.05, 0) is 35.9 Å². The van der Waals surface area contributed by atoms with E-state index in [2.05, 4.69) is 0 Å². The zero-order valence-electron chi connectivity index (χ0n) is 10.9. The molecule has 1 aromatic heterocycles. The second-order valence-electron chi connectivity index (χ2n) is 4.58. The van der Waals surface area contributed by atoms with Crippen molar-refractivity contribution in [3.05, 3.63) is 59.9 Å². The first kappa shape index (κ1) is 12.6. The molecule has 3 rings (SSSR count). The molecule has 3 aromatic rings. The molecule has 0 bridgehead atoms. The molecule has 0 aliphatic rings. The maximum atomic E-state index is 9.37. The molecule has 102 valence electrons. The Morgan fingerprint density at radius 2 is 2.00 bits per heavy atom. The van der Waals surface area contributed by atoms with Crippen LogP contribution in [-0.4, -0.2) is 5.11 Å². The fraction of sp³-hybridized carbons (Fsp3) is 0.125. The van der Waals surface area contributed by atoms with Gasteiger partial charge in [0.15, 0.2) is 0 Å². The fourth-order valence-corrected chi connectivity index (χ4v) is 2.07. The summed E-state index contributed by atoms with van der Waals surface area (Å²) in [7, 11) is 0. The third kappa shape index (κ3) is 2.60. The smallest absolute Gasteiger partial charge is 0.146 e. The SMILES string of the molecule is NCc1ccc2oc(COc3cccc(O)c3)cc2c1. The zero-order chi connectivity index (χ0) is 13.9. The summed E-state index contributed by atoms with van der Waals surface area (Å²) in [5, 5.41) is 10.4. The third-order valence-corrected chi connectivity index (χ3v) is 3.07. The molecule has 0 saturated carbocycles. The highest BCUT2D eigenvalue weighted by Gasteiger charge is 2.05. The Labute approximate surface area is 116 Å². The molecule has 4 heteroatoms. The first-order valence-corrected chi connectivity index (χ1v) is 6.38. The number of fused-ring (bicyclic) bond motifs is 1. The molecule has 0 amide bonds. The van der Waals surface area contributed by atoms with Crippen LogP contribution in [0.5, 0.6) is 11.5 Å². The lowest BCUT2D eigenvalue weighted by molar-refractivity contribution is 0.273. The second kappa shape index (κ2) is 5.27. The summed E-state index contributed by atoms with van der Waals surface area (Å²) < 4.78 is 11.3. The van der Waals surface area contributed by atoms with Gasteiger partial charge in [0.1, 0.15) is 29.4 Å². The highest BCUT2D eigenvalue weighted by molar-refractivity contribution is 5.78. The van der Waals surface area contributed by atoms with Crippen LogP contribution in [0.4, 0.5) is 0 Å². The number of aromatic hydroxyl groups is 1. The van der Waals surface area contributed by atoms with E-state index in [0.717, 1.165) is 22.3 Å². The highest BCUT2D eigenvalue weighted by atomic mass is 16.5. The van der Waals surface area contributed by atoms with E-state index < -0.39 is 0 Å². The van der Waals surface area contributed by atoms with Crippen molar-refractivity contribution in [3.63, 3.8) is 0 Å². The normalized spacial score (nSPS) is 10.8. The van der Waals surface area contributed by atoms with Gasteiger partial charge in [0.2, 0.25) is 0 Å². The maximum absolute atomic E-state index is 9.37. The van der Waals surface area contributed by atoms with Crippen LogP contribution in [0.25, 0.3) is 11.0 Å². The summed E-state index contributed by atoms with van der Waals surface area (Å²) in [6.07, 6.45) is 0. The molecule has 0 aliphatic heterocycles. The van der Waals surface area contributed by atoms with E-state index in [0.29, 0.717) is 18.9 Å². The van der Waals surface area contributed by atoms with Gasteiger partial charge < -0.3 is 20.0 Å². The molecule has 20 heavy (non-hydrogen) atoms. The zero-order valence-corrected chi connectivity index (χ0v) is 10.9. The number of nitrogens with two attached hydrogens (primary N) is 1. The predicted octanol–water partition coefficient (Wildman–Crippen LogP) is 3.18. The number of phenols is 1. The van der Waals surface area contributed by atoms with Gasteiger partial charge >= 0.3 is 0 Å². The summed E-state index contributed by atoms with van der Waals surface area (Å²) >= 11 is 0. The van der Waals surface area contributed by atoms with Crippen LogP contribution in [0.15, 0.2) is 52.9 Å². The first-order chi connectivity index (χ1) is 9.74. The van der Waals surface area contributed by atoms with Gasteiger partial charge in [0.05, 0.1) is 0 Å².